The number of rotatable bonds is 19. The first-order valence-corrected chi connectivity index (χ1v) is 13.4. The molecule has 0 saturated heterocycles. The third kappa shape index (κ3) is 12.3. The number of carboxylic acids is 1. The number of aromatic nitrogens is 2. The second kappa shape index (κ2) is 17.7. The number of carbonyl (C=O) groups is 2. The van der Waals surface area contributed by atoms with Crippen LogP contribution < -0.4 is 0 Å². The minimum atomic E-state index is -0.880. The van der Waals surface area contributed by atoms with E-state index in [1.54, 1.807) is 36.4 Å². The molecule has 0 aliphatic rings. The van der Waals surface area contributed by atoms with Gasteiger partial charge in [-0.3, -0.25) is 0 Å². The quantitative estimate of drug-likeness (QED) is 0.0977. The van der Waals surface area contributed by atoms with Crippen LogP contribution in [0.1, 0.15) is 114 Å². The van der Waals surface area contributed by atoms with E-state index in [9.17, 15) is 9.59 Å². The zero-order valence-corrected chi connectivity index (χ0v) is 21.9. The molecule has 33 heavy (non-hydrogen) atoms. The maximum atomic E-state index is 11.9. The number of carbonyl (C=O) groups excluding carboxylic acids is 1. The van der Waals surface area contributed by atoms with Crippen molar-refractivity contribution in [3.63, 3.8) is 0 Å². The van der Waals surface area contributed by atoms with Crippen molar-refractivity contribution in [2.75, 3.05) is 7.11 Å². The molecule has 1 heterocycles. The molecule has 0 saturated carbocycles. The average molecular weight is 481 g/mol. The van der Waals surface area contributed by atoms with E-state index in [-0.39, 0.29) is 5.25 Å². The second-order valence-electron chi connectivity index (χ2n) is 8.82. The molecule has 1 rings (SSSR count). The van der Waals surface area contributed by atoms with E-state index in [0.717, 1.165) is 18.0 Å². The maximum Gasteiger partial charge on any atom is 0.356 e. The number of imidazole rings is 1. The Labute approximate surface area is 204 Å². The van der Waals surface area contributed by atoms with E-state index >= 15 is 0 Å². The van der Waals surface area contributed by atoms with Crippen molar-refractivity contribution in [2.24, 2.45) is 7.05 Å². The number of methoxy groups -OCH3 is 1. The van der Waals surface area contributed by atoms with Crippen LogP contribution in [0.25, 0.3) is 0 Å². The Kier molecular flexibility index (Phi) is 15.7. The van der Waals surface area contributed by atoms with E-state index in [0.29, 0.717) is 17.7 Å². The Bertz CT molecular complexity index is 730. The van der Waals surface area contributed by atoms with E-state index in [1.165, 1.54) is 83.9 Å². The van der Waals surface area contributed by atoms with Crippen molar-refractivity contribution in [3.05, 3.63) is 23.5 Å². The van der Waals surface area contributed by atoms with Crippen LogP contribution in [0.2, 0.25) is 0 Å². The van der Waals surface area contributed by atoms with Crippen LogP contribution in [0.3, 0.4) is 0 Å². The SMILES string of the molecule is CCCCCCCCCCCCCCC(CC=C(C)C(=O)O)Sc1ncc(C(=O)OC)n1C. The molecule has 0 aliphatic heterocycles. The molecule has 1 aromatic heterocycles. The van der Waals surface area contributed by atoms with Gasteiger partial charge in [0.05, 0.1) is 13.3 Å². The summed E-state index contributed by atoms with van der Waals surface area (Å²) in [5, 5.41) is 10.1. The molecule has 7 heteroatoms. The Morgan fingerprint density at radius 3 is 2.12 bits per heavy atom. The normalized spacial score (nSPS) is 12.7. The Balaban J connectivity index is 2.42. The number of hydrogen-bond donors (Lipinski definition) is 1. The highest BCUT2D eigenvalue weighted by Crippen LogP contribution is 2.29. The summed E-state index contributed by atoms with van der Waals surface area (Å²) in [5.41, 5.74) is 0.784. The molecule has 188 valence electrons. The van der Waals surface area contributed by atoms with Gasteiger partial charge in [0.2, 0.25) is 0 Å². The van der Waals surface area contributed by atoms with Crippen molar-refractivity contribution in [1.29, 1.82) is 0 Å². The number of ether oxygens (including phenoxy) is 1. The minimum Gasteiger partial charge on any atom is -0.478 e. The third-order valence-corrected chi connectivity index (χ3v) is 7.37. The van der Waals surface area contributed by atoms with Crippen molar-refractivity contribution in [2.45, 2.75) is 114 Å². The monoisotopic (exact) mass is 480 g/mol. The highest BCUT2D eigenvalue weighted by Gasteiger charge is 2.18. The molecule has 0 aromatic carbocycles. The van der Waals surface area contributed by atoms with E-state index < -0.39 is 11.9 Å². The number of thioether (sulfide) groups is 1. The van der Waals surface area contributed by atoms with Crippen molar-refractivity contribution in [1.82, 2.24) is 9.55 Å². The van der Waals surface area contributed by atoms with Gasteiger partial charge in [-0.2, -0.15) is 0 Å². The lowest BCUT2D eigenvalue weighted by atomic mass is 10.0. The van der Waals surface area contributed by atoms with Crippen molar-refractivity contribution < 1.29 is 19.4 Å². The number of nitrogens with zero attached hydrogens (tertiary/aromatic N) is 2. The summed E-state index contributed by atoms with van der Waals surface area (Å²) in [6, 6.07) is 0. The van der Waals surface area contributed by atoms with Crippen LogP contribution in [-0.4, -0.2) is 39.0 Å². The van der Waals surface area contributed by atoms with Crippen LogP contribution in [0.15, 0.2) is 23.0 Å². The first-order chi connectivity index (χ1) is 15.9. The fourth-order valence-corrected chi connectivity index (χ4v) is 4.92. The third-order valence-electron chi connectivity index (χ3n) is 6.02. The number of carboxylic acid groups (broad SMARTS) is 1. The number of allylic oxidation sites excluding steroid dienone is 1. The van der Waals surface area contributed by atoms with Gasteiger partial charge in [0.1, 0.15) is 5.69 Å². The van der Waals surface area contributed by atoms with E-state index in [2.05, 4.69) is 11.9 Å². The highest BCUT2D eigenvalue weighted by molar-refractivity contribution is 7.99. The topological polar surface area (TPSA) is 81.4 Å². The first-order valence-electron chi connectivity index (χ1n) is 12.6. The summed E-state index contributed by atoms with van der Waals surface area (Å²) in [7, 11) is 3.17. The van der Waals surface area contributed by atoms with Crippen molar-refractivity contribution in [3.8, 4) is 0 Å². The van der Waals surface area contributed by atoms with Gasteiger partial charge >= 0.3 is 11.9 Å². The lowest BCUT2D eigenvalue weighted by Crippen LogP contribution is -2.10. The maximum absolute atomic E-state index is 11.9. The van der Waals surface area contributed by atoms with Gasteiger partial charge in [-0.15, -0.1) is 0 Å². The molecule has 0 aliphatic carbocycles. The molecule has 0 amide bonds. The number of aliphatic carboxylic acids is 1. The van der Waals surface area contributed by atoms with E-state index in [1.807, 2.05) is 0 Å². The van der Waals surface area contributed by atoms with Crippen LogP contribution >= 0.6 is 11.8 Å². The molecule has 1 atom stereocenters. The van der Waals surface area contributed by atoms with Crippen molar-refractivity contribution >= 4 is 23.7 Å². The molecule has 0 spiro atoms. The van der Waals surface area contributed by atoms with Gasteiger partial charge in [-0.25, -0.2) is 14.6 Å². The number of unbranched alkanes of at least 4 members (excludes halogenated alkanes) is 11. The fraction of sp³-hybridized carbons (Fsp3) is 0.731. The summed E-state index contributed by atoms with van der Waals surface area (Å²) in [6.45, 7) is 3.89. The first kappa shape index (κ1) is 29.3. The molecular formula is C26H44N2O4S. The highest BCUT2D eigenvalue weighted by atomic mass is 32.2. The van der Waals surface area contributed by atoms with Crippen LogP contribution in [0.4, 0.5) is 0 Å². The molecule has 1 unspecified atom stereocenters. The molecular weight excluding hydrogens is 436 g/mol. The average Bonchev–Trinajstić information content (AvgIpc) is 3.16. The van der Waals surface area contributed by atoms with Crippen LogP contribution in [0.5, 0.6) is 0 Å². The fourth-order valence-electron chi connectivity index (χ4n) is 3.78. The largest absolute Gasteiger partial charge is 0.478 e. The Morgan fingerprint density at radius 1 is 1.06 bits per heavy atom. The van der Waals surface area contributed by atoms with Gasteiger partial charge in [-0.05, 0) is 19.8 Å². The zero-order chi connectivity index (χ0) is 24.5. The summed E-state index contributed by atoms with van der Waals surface area (Å²) in [4.78, 5) is 27.4. The Hall–Kier alpha value is -1.76. The molecule has 0 radical (unpaired) electrons. The lowest BCUT2D eigenvalue weighted by molar-refractivity contribution is -0.132. The predicted molar refractivity (Wildman–Crippen MR) is 136 cm³/mol. The van der Waals surface area contributed by atoms with E-state index in [4.69, 9.17) is 9.84 Å². The molecule has 6 nitrogen and oxygen atoms in total. The summed E-state index contributed by atoms with van der Waals surface area (Å²) >= 11 is 1.61. The van der Waals surface area contributed by atoms with Gasteiger partial charge in [-0.1, -0.05) is 102 Å². The zero-order valence-electron chi connectivity index (χ0n) is 21.1. The number of hydrogen-bond acceptors (Lipinski definition) is 5. The van der Waals surface area contributed by atoms with Gasteiger partial charge in [0.25, 0.3) is 0 Å². The number of esters is 1. The standard InChI is InChI=1S/C26H44N2O4S/c1-5-6-7-8-9-10-11-12-13-14-15-16-17-22(19-18-21(2)24(29)30)33-26-27-20-23(28(26)3)25(31)32-4/h18,20,22H,5-17,19H2,1-4H3,(H,29,30). The molecule has 0 bridgehead atoms. The summed E-state index contributed by atoms with van der Waals surface area (Å²) < 4.78 is 6.56. The lowest BCUT2D eigenvalue weighted by Gasteiger charge is -2.15. The summed E-state index contributed by atoms with van der Waals surface area (Å²) in [6.07, 6.45) is 20.8. The molecule has 1 N–H and O–H groups in total. The Morgan fingerprint density at radius 2 is 1.61 bits per heavy atom. The molecule has 1 aromatic rings. The van der Waals surface area contributed by atoms with Gasteiger partial charge < -0.3 is 14.4 Å². The van der Waals surface area contributed by atoms with Crippen LogP contribution in [0, 0.1) is 0 Å². The minimum absolute atomic E-state index is 0.217. The predicted octanol–water partition coefficient (Wildman–Crippen LogP) is 7.18. The second-order valence-corrected chi connectivity index (χ2v) is 10.1. The smallest absolute Gasteiger partial charge is 0.356 e. The summed E-state index contributed by atoms with van der Waals surface area (Å²) in [5.74, 6) is -1.29. The van der Waals surface area contributed by atoms with Crippen LogP contribution in [-0.2, 0) is 16.6 Å². The van der Waals surface area contributed by atoms with Gasteiger partial charge in [0, 0.05) is 17.9 Å². The van der Waals surface area contributed by atoms with Gasteiger partial charge in [0.15, 0.2) is 5.16 Å². The molecule has 0 fully saturated rings.